The van der Waals surface area contributed by atoms with Crippen molar-refractivity contribution in [3.05, 3.63) is 30.1 Å². The number of carbonyl (C=O) groups is 1. The smallest absolute Gasteiger partial charge is 0.326 e. The van der Waals surface area contributed by atoms with Gasteiger partial charge < -0.3 is 20.1 Å². The van der Waals surface area contributed by atoms with Gasteiger partial charge in [0.25, 0.3) is 5.91 Å². The summed E-state index contributed by atoms with van der Waals surface area (Å²) in [6.07, 6.45) is 0.130. The second-order valence-corrected chi connectivity index (χ2v) is 8.33. The van der Waals surface area contributed by atoms with Crippen molar-refractivity contribution in [3.8, 4) is 11.5 Å². The monoisotopic (exact) mass is 414 g/mol. The number of anilines is 1. The number of fused-ring (bicyclic) bond motifs is 1. The molecule has 4 N–H and O–H groups in total. The van der Waals surface area contributed by atoms with E-state index in [1.165, 1.54) is 31.2 Å². The third-order valence-corrected chi connectivity index (χ3v) is 5.70. The normalized spacial score (nSPS) is 18.1. The molecule has 0 aliphatic carbocycles. The van der Waals surface area contributed by atoms with Crippen LogP contribution in [-0.4, -0.2) is 55.0 Å². The van der Waals surface area contributed by atoms with Gasteiger partial charge in [0.05, 0.1) is 18.8 Å². The van der Waals surface area contributed by atoms with E-state index >= 15 is 4.39 Å². The van der Waals surface area contributed by atoms with Crippen molar-refractivity contribution in [1.82, 2.24) is 4.72 Å². The number of ether oxygens (including phenoxy) is 1. The number of nitrogens with zero attached hydrogens (tertiary/aromatic N) is 1. The maximum atomic E-state index is 15.1. The summed E-state index contributed by atoms with van der Waals surface area (Å²) in [5.74, 6) is -2.25. The van der Waals surface area contributed by atoms with Gasteiger partial charge in [-0.3, -0.25) is 4.79 Å². The van der Waals surface area contributed by atoms with E-state index in [9.17, 15) is 23.4 Å². The number of halogens is 1. The number of carbonyl (C=O) groups excluding carboxylic acids is 1. The van der Waals surface area contributed by atoms with E-state index in [-0.39, 0.29) is 24.2 Å². The molecule has 3 rings (SSSR count). The van der Waals surface area contributed by atoms with Crippen LogP contribution >= 0.6 is 0 Å². The van der Waals surface area contributed by atoms with Gasteiger partial charge in [-0.2, -0.15) is 8.42 Å². The van der Waals surface area contributed by atoms with Gasteiger partial charge in [0, 0.05) is 11.8 Å². The Labute approximate surface area is 160 Å². The summed E-state index contributed by atoms with van der Waals surface area (Å²) >= 11 is 0. The van der Waals surface area contributed by atoms with Crippen molar-refractivity contribution in [3.63, 3.8) is 0 Å². The lowest BCUT2D eigenvalue weighted by Gasteiger charge is -2.20. The van der Waals surface area contributed by atoms with Gasteiger partial charge in [-0.05, 0) is 30.5 Å². The summed E-state index contributed by atoms with van der Waals surface area (Å²) in [4.78, 5) is 11.4. The number of aromatic hydroxyl groups is 1. The molecule has 2 aromatic rings. The highest BCUT2D eigenvalue weighted by Gasteiger charge is 2.37. The Morgan fingerprint density at radius 3 is 2.68 bits per heavy atom. The number of amides is 1. The van der Waals surface area contributed by atoms with E-state index in [2.05, 4.69) is 0 Å². The minimum Gasteiger partial charge on any atom is -0.506 e. The van der Waals surface area contributed by atoms with E-state index < -0.39 is 52.1 Å². The highest BCUT2D eigenvalue weighted by molar-refractivity contribution is 7.92. The molecule has 0 unspecified atom stereocenters. The first-order chi connectivity index (χ1) is 13.0. The van der Waals surface area contributed by atoms with Gasteiger partial charge in [0.2, 0.25) is 0 Å². The summed E-state index contributed by atoms with van der Waals surface area (Å²) in [6.45, 7) is 0.398. The van der Waals surface area contributed by atoms with Crippen LogP contribution in [-0.2, 0) is 15.0 Å². The lowest BCUT2D eigenvalue weighted by Crippen LogP contribution is -2.31. The Balaban J connectivity index is 1.96. The van der Waals surface area contributed by atoms with Crippen LogP contribution in [0.1, 0.15) is 13.3 Å². The molecule has 1 atom stereocenters. The maximum absolute atomic E-state index is 15.1. The molecule has 0 bridgehead atoms. The molecule has 0 saturated carbocycles. The highest BCUT2D eigenvalue weighted by Crippen LogP contribution is 2.39. The van der Waals surface area contributed by atoms with Crippen molar-refractivity contribution in [2.75, 3.05) is 24.1 Å². The SMILES string of the molecule is C[C@](O)(CO)CCOc1ccc2cc(O)c(N3CC(=O)NS3(=O)=O)c(F)c2c1. The molecule has 9 nitrogen and oxygen atoms in total. The number of hydrogen-bond acceptors (Lipinski definition) is 7. The third-order valence-electron chi connectivity index (χ3n) is 4.32. The molecule has 1 fully saturated rings. The van der Waals surface area contributed by atoms with E-state index in [1.54, 1.807) is 4.72 Å². The van der Waals surface area contributed by atoms with Gasteiger partial charge in [0.15, 0.2) is 5.82 Å². The van der Waals surface area contributed by atoms with Crippen LogP contribution in [0.15, 0.2) is 24.3 Å². The van der Waals surface area contributed by atoms with Crippen LogP contribution in [0, 0.1) is 5.82 Å². The fraction of sp³-hybridized carbons (Fsp3) is 0.353. The first kappa shape index (κ1) is 20.1. The molecule has 1 saturated heterocycles. The lowest BCUT2D eigenvalue weighted by atomic mass is 10.1. The zero-order valence-corrected chi connectivity index (χ0v) is 15.7. The molecule has 11 heteroatoms. The van der Waals surface area contributed by atoms with Crippen molar-refractivity contribution < 1.29 is 37.7 Å². The van der Waals surface area contributed by atoms with Crippen LogP contribution in [0.4, 0.5) is 10.1 Å². The van der Waals surface area contributed by atoms with Gasteiger partial charge in [0.1, 0.15) is 23.7 Å². The molecule has 1 amide bonds. The van der Waals surface area contributed by atoms with Crippen LogP contribution in [0.25, 0.3) is 10.8 Å². The van der Waals surface area contributed by atoms with Crippen molar-refractivity contribution >= 4 is 32.6 Å². The number of phenols is 1. The van der Waals surface area contributed by atoms with Gasteiger partial charge in [-0.25, -0.2) is 13.4 Å². The quantitative estimate of drug-likeness (QED) is 0.536. The summed E-state index contributed by atoms with van der Waals surface area (Å²) in [5, 5.41) is 29.2. The number of aliphatic hydroxyl groups is 2. The molecule has 0 radical (unpaired) electrons. The number of hydrogen-bond donors (Lipinski definition) is 4. The fourth-order valence-electron chi connectivity index (χ4n) is 2.75. The lowest BCUT2D eigenvalue weighted by molar-refractivity contribution is -0.117. The maximum Gasteiger partial charge on any atom is 0.326 e. The summed E-state index contributed by atoms with van der Waals surface area (Å²) in [5.41, 5.74) is -1.95. The van der Waals surface area contributed by atoms with E-state index in [1.807, 2.05) is 0 Å². The number of benzene rings is 2. The minimum absolute atomic E-state index is 0.0197. The Morgan fingerprint density at radius 2 is 2.07 bits per heavy atom. The van der Waals surface area contributed by atoms with Crippen LogP contribution < -0.4 is 13.8 Å². The van der Waals surface area contributed by atoms with Gasteiger partial charge >= 0.3 is 10.2 Å². The minimum atomic E-state index is -4.30. The van der Waals surface area contributed by atoms with E-state index in [0.29, 0.717) is 9.69 Å². The predicted molar refractivity (Wildman–Crippen MR) is 97.8 cm³/mol. The zero-order chi connectivity index (χ0) is 20.7. The van der Waals surface area contributed by atoms with E-state index in [4.69, 9.17) is 9.84 Å². The van der Waals surface area contributed by atoms with Gasteiger partial charge in [-0.1, -0.05) is 6.07 Å². The molecular weight excluding hydrogens is 395 g/mol. The standard InChI is InChI=1S/C17H19FN2O7S/c1-17(24,9-21)4-5-27-11-3-2-10-6-13(22)16(15(18)12(10)7-11)20-8-14(23)19-28(20,25)26/h2-3,6-7,21-22,24H,4-5,8-9H2,1H3,(H,19,23)/t17-/m1/s1. The second-order valence-electron chi connectivity index (χ2n) is 6.73. The van der Waals surface area contributed by atoms with Crippen molar-refractivity contribution in [2.24, 2.45) is 0 Å². The number of rotatable bonds is 6. The highest BCUT2D eigenvalue weighted by atomic mass is 32.2. The first-order valence-corrected chi connectivity index (χ1v) is 9.73. The molecule has 152 valence electrons. The molecule has 1 heterocycles. The number of aliphatic hydroxyl groups excluding tert-OH is 1. The number of nitrogens with one attached hydrogen (secondary N) is 1. The van der Waals surface area contributed by atoms with Crippen LogP contribution in [0.2, 0.25) is 0 Å². The average Bonchev–Trinajstić information content (AvgIpc) is 2.87. The summed E-state index contributed by atoms with van der Waals surface area (Å²) in [7, 11) is -4.30. The van der Waals surface area contributed by atoms with E-state index in [0.717, 1.165) is 0 Å². The predicted octanol–water partition coefficient (Wildman–Crippen LogP) is 0.378. The Morgan fingerprint density at radius 1 is 1.36 bits per heavy atom. The zero-order valence-electron chi connectivity index (χ0n) is 14.8. The Kier molecular flexibility index (Phi) is 5.08. The summed E-state index contributed by atoms with van der Waals surface area (Å²) < 4.78 is 46.7. The summed E-state index contributed by atoms with van der Waals surface area (Å²) in [6, 6.07) is 5.50. The molecular formula is C17H19FN2O7S. The molecule has 0 aromatic heterocycles. The largest absolute Gasteiger partial charge is 0.506 e. The molecule has 1 aliphatic heterocycles. The number of phenolic OH excluding ortho intramolecular Hbond substituents is 1. The second kappa shape index (κ2) is 7.08. The average molecular weight is 414 g/mol. The molecule has 2 aromatic carbocycles. The fourth-order valence-corrected chi connectivity index (χ4v) is 3.91. The van der Waals surface area contributed by atoms with Gasteiger partial charge in [-0.15, -0.1) is 0 Å². The molecule has 0 spiro atoms. The Hall–Kier alpha value is -2.63. The Bertz CT molecular complexity index is 1040. The first-order valence-electron chi connectivity index (χ1n) is 8.29. The van der Waals surface area contributed by atoms with Crippen LogP contribution in [0.5, 0.6) is 11.5 Å². The van der Waals surface area contributed by atoms with Crippen LogP contribution in [0.3, 0.4) is 0 Å². The molecule has 1 aliphatic rings. The topological polar surface area (TPSA) is 136 Å². The van der Waals surface area contributed by atoms with Crippen molar-refractivity contribution in [1.29, 1.82) is 0 Å². The molecule has 28 heavy (non-hydrogen) atoms. The van der Waals surface area contributed by atoms with Crippen molar-refractivity contribution in [2.45, 2.75) is 18.9 Å². The third kappa shape index (κ3) is 3.81.